The summed E-state index contributed by atoms with van der Waals surface area (Å²) in [7, 11) is 0. The van der Waals surface area contributed by atoms with Crippen molar-refractivity contribution in [1.29, 1.82) is 0 Å². The second-order valence-corrected chi connectivity index (χ2v) is 6.49. The van der Waals surface area contributed by atoms with Gasteiger partial charge in [-0.05, 0) is 43.6 Å². The van der Waals surface area contributed by atoms with Crippen molar-refractivity contribution in [2.45, 2.75) is 18.9 Å². The van der Waals surface area contributed by atoms with Crippen LogP contribution >= 0.6 is 0 Å². The monoisotopic (exact) mass is 335 g/mol. The molecular weight excluding hydrogens is 309 g/mol. The fourth-order valence-corrected chi connectivity index (χ4v) is 3.46. The Hall–Kier alpha value is -1.50. The van der Waals surface area contributed by atoms with E-state index in [0.717, 1.165) is 44.6 Å². The smallest absolute Gasteiger partial charge is 0.223 e. The van der Waals surface area contributed by atoms with Crippen LogP contribution < -0.4 is 10.6 Å². The van der Waals surface area contributed by atoms with Gasteiger partial charge in [0.2, 0.25) is 5.91 Å². The van der Waals surface area contributed by atoms with Crippen molar-refractivity contribution in [3.8, 4) is 0 Å². The Kier molecular flexibility index (Phi) is 6.18. The summed E-state index contributed by atoms with van der Waals surface area (Å²) in [6.07, 6.45) is 1.79. The molecule has 1 aromatic rings. The maximum atomic E-state index is 13.2. The van der Waals surface area contributed by atoms with E-state index in [9.17, 15) is 9.18 Å². The van der Waals surface area contributed by atoms with Crippen molar-refractivity contribution in [3.63, 3.8) is 0 Å². The number of hydrogen-bond donors (Lipinski definition) is 2. The van der Waals surface area contributed by atoms with E-state index in [4.69, 9.17) is 4.74 Å². The van der Waals surface area contributed by atoms with Crippen molar-refractivity contribution in [2.24, 2.45) is 5.92 Å². The van der Waals surface area contributed by atoms with E-state index < -0.39 is 0 Å². The number of ether oxygens (including phenoxy) is 1. The molecule has 5 nitrogen and oxygen atoms in total. The molecule has 24 heavy (non-hydrogen) atoms. The van der Waals surface area contributed by atoms with Gasteiger partial charge in [-0.2, -0.15) is 0 Å². The van der Waals surface area contributed by atoms with Gasteiger partial charge >= 0.3 is 0 Å². The minimum absolute atomic E-state index is 0.0557. The predicted molar refractivity (Wildman–Crippen MR) is 90.1 cm³/mol. The second-order valence-electron chi connectivity index (χ2n) is 6.49. The number of benzene rings is 1. The zero-order valence-corrected chi connectivity index (χ0v) is 14.0. The minimum atomic E-state index is -0.238. The second kappa shape index (κ2) is 8.55. The Labute approximate surface area is 142 Å². The van der Waals surface area contributed by atoms with Gasteiger partial charge in [0.15, 0.2) is 0 Å². The lowest BCUT2D eigenvalue weighted by Crippen LogP contribution is -2.45. The maximum absolute atomic E-state index is 13.2. The van der Waals surface area contributed by atoms with Crippen LogP contribution in [-0.4, -0.2) is 56.7 Å². The summed E-state index contributed by atoms with van der Waals surface area (Å²) < 4.78 is 18.7. The van der Waals surface area contributed by atoms with Gasteiger partial charge in [0.25, 0.3) is 0 Å². The molecule has 0 radical (unpaired) electrons. The summed E-state index contributed by atoms with van der Waals surface area (Å²) in [5, 5.41) is 6.40. The van der Waals surface area contributed by atoms with E-state index in [0.29, 0.717) is 19.8 Å². The van der Waals surface area contributed by atoms with Crippen molar-refractivity contribution >= 4 is 5.91 Å². The SMILES string of the molecule is O=C(NCC(c1ccc(F)cc1)N1CCOCC1)C1CCNCC1. The number of nitrogens with zero attached hydrogens (tertiary/aromatic N) is 1. The average molecular weight is 335 g/mol. The van der Waals surface area contributed by atoms with Crippen molar-refractivity contribution in [2.75, 3.05) is 45.9 Å². The number of nitrogens with one attached hydrogen (secondary N) is 2. The molecular formula is C18H26FN3O2. The number of carbonyl (C=O) groups is 1. The highest BCUT2D eigenvalue weighted by Gasteiger charge is 2.25. The molecule has 0 bridgehead atoms. The molecule has 0 aliphatic carbocycles. The largest absolute Gasteiger partial charge is 0.379 e. The van der Waals surface area contributed by atoms with Crippen molar-refractivity contribution < 1.29 is 13.9 Å². The van der Waals surface area contributed by atoms with Crippen LogP contribution in [0.4, 0.5) is 4.39 Å². The molecule has 0 aromatic heterocycles. The van der Waals surface area contributed by atoms with E-state index in [1.807, 2.05) is 12.1 Å². The third kappa shape index (κ3) is 4.53. The first kappa shape index (κ1) is 17.3. The molecule has 6 heteroatoms. The highest BCUT2D eigenvalue weighted by Crippen LogP contribution is 2.22. The van der Waals surface area contributed by atoms with E-state index in [2.05, 4.69) is 15.5 Å². The fourth-order valence-electron chi connectivity index (χ4n) is 3.46. The molecule has 0 saturated carbocycles. The van der Waals surface area contributed by atoms with E-state index in [1.54, 1.807) is 0 Å². The molecule has 3 rings (SSSR count). The number of halogens is 1. The molecule has 2 aliphatic heterocycles. The summed E-state index contributed by atoms with van der Waals surface area (Å²) >= 11 is 0. The summed E-state index contributed by atoms with van der Waals surface area (Å²) in [5.41, 5.74) is 1.03. The van der Waals surface area contributed by atoms with Gasteiger partial charge in [-0.15, -0.1) is 0 Å². The number of hydrogen-bond acceptors (Lipinski definition) is 4. The third-order valence-corrected chi connectivity index (χ3v) is 4.92. The molecule has 2 heterocycles. The highest BCUT2D eigenvalue weighted by molar-refractivity contribution is 5.78. The van der Waals surface area contributed by atoms with E-state index >= 15 is 0 Å². The van der Waals surface area contributed by atoms with E-state index in [-0.39, 0.29) is 23.7 Å². The Morgan fingerprint density at radius 3 is 2.58 bits per heavy atom. The van der Waals surface area contributed by atoms with Crippen LogP contribution in [-0.2, 0) is 9.53 Å². The number of amides is 1. The van der Waals surface area contributed by atoms with Gasteiger partial charge in [-0.3, -0.25) is 9.69 Å². The first-order valence-corrected chi connectivity index (χ1v) is 8.80. The first-order chi connectivity index (χ1) is 11.7. The standard InChI is InChI=1S/C18H26FN3O2/c19-16-3-1-14(2-4-16)17(22-9-11-24-12-10-22)13-21-18(23)15-5-7-20-8-6-15/h1-4,15,17,20H,5-13H2,(H,21,23). The van der Waals surface area contributed by atoms with Gasteiger partial charge in [0.1, 0.15) is 5.82 Å². The van der Waals surface area contributed by atoms with Crippen LogP contribution in [0.25, 0.3) is 0 Å². The number of rotatable bonds is 5. The minimum Gasteiger partial charge on any atom is -0.379 e. The number of morpholine rings is 1. The zero-order valence-electron chi connectivity index (χ0n) is 14.0. The fraction of sp³-hybridized carbons (Fsp3) is 0.611. The van der Waals surface area contributed by atoms with Crippen LogP contribution in [0.15, 0.2) is 24.3 Å². The highest BCUT2D eigenvalue weighted by atomic mass is 19.1. The third-order valence-electron chi connectivity index (χ3n) is 4.92. The molecule has 1 atom stereocenters. The lowest BCUT2D eigenvalue weighted by molar-refractivity contribution is -0.126. The zero-order chi connectivity index (χ0) is 16.8. The van der Waals surface area contributed by atoms with Crippen molar-refractivity contribution in [1.82, 2.24) is 15.5 Å². The van der Waals surface area contributed by atoms with Gasteiger partial charge < -0.3 is 15.4 Å². The molecule has 2 saturated heterocycles. The summed E-state index contributed by atoms with van der Waals surface area (Å²) in [6, 6.07) is 6.65. The van der Waals surface area contributed by atoms with Crippen LogP contribution in [0.1, 0.15) is 24.4 Å². The lowest BCUT2D eigenvalue weighted by Gasteiger charge is -2.35. The van der Waals surface area contributed by atoms with Gasteiger partial charge in [0.05, 0.1) is 19.3 Å². The summed E-state index contributed by atoms with van der Waals surface area (Å²) in [6.45, 7) is 5.40. The van der Waals surface area contributed by atoms with E-state index in [1.165, 1.54) is 12.1 Å². The number of carbonyl (C=O) groups excluding carboxylic acids is 1. The first-order valence-electron chi connectivity index (χ1n) is 8.80. The quantitative estimate of drug-likeness (QED) is 0.852. The molecule has 0 spiro atoms. The van der Waals surface area contributed by atoms with Crippen LogP contribution in [0, 0.1) is 11.7 Å². The van der Waals surface area contributed by atoms with Crippen LogP contribution in [0.2, 0.25) is 0 Å². The molecule has 1 unspecified atom stereocenters. The predicted octanol–water partition coefficient (Wildman–Crippen LogP) is 1.31. The molecule has 2 aliphatic rings. The Morgan fingerprint density at radius 1 is 1.25 bits per heavy atom. The molecule has 2 N–H and O–H groups in total. The average Bonchev–Trinajstić information content (AvgIpc) is 2.65. The summed E-state index contributed by atoms with van der Waals surface area (Å²) in [5.74, 6) is -0.0000956. The maximum Gasteiger partial charge on any atom is 0.223 e. The molecule has 1 aromatic carbocycles. The van der Waals surface area contributed by atoms with Crippen LogP contribution in [0.5, 0.6) is 0 Å². The molecule has 1 amide bonds. The van der Waals surface area contributed by atoms with Gasteiger partial charge in [0, 0.05) is 25.6 Å². The Balaban J connectivity index is 1.64. The van der Waals surface area contributed by atoms with Crippen LogP contribution in [0.3, 0.4) is 0 Å². The van der Waals surface area contributed by atoms with Gasteiger partial charge in [-0.25, -0.2) is 4.39 Å². The molecule has 2 fully saturated rings. The topological polar surface area (TPSA) is 53.6 Å². The molecule has 132 valence electrons. The van der Waals surface area contributed by atoms with Gasteiger partial charge in [-0.1, -0.05) is 12.1 Å². The number of piperidine rings is 1. The van der Waals surface area contributed by atoms with Crippen molar-refractivity contribution in [3.05, 3.63) is 35.6 Å². The lowest BCUT2D eigenvalue weighted by atomic mass is 9.97. The normalized spacial score (nSPS) is 21.4. The summed E-state index contributed by atoms with van der Waals surface area (Å²) in [4.78, 5) is 14.7. The Bertz CT molecular complexity index is 526. The Morgan fingerprint density at radius 2 is 1.92 bits per heavy atom.